The number of imidazole rings is 1. The van der Waals surface area contributed by atoms with Gasteiger partial charge in [0, 0.05) is 30.1 Å². The second-order valence-electron chi connectivity index (χ2n) is 6.83. The summed E-state index contributed by atoms with van der Waals surface area (Å²) in [5.41, 5.74) is 3.85. The van der Waals surface area contributed by atoms with Gasteiger partial charge in [-0.1, -0.05) is 24.3 Å². The highest BCUT2D eigenvalue weighted by atomic mass is 16.6. The van der Waals surface area contributed by atoms with E-state index < -0.39 is 11.0 Å². The highest BCUT2D eigenvalue weighted by molar-refractivity contribution is 5.59. The minimum Gasteiger partial charge on any atom is -0.490 e. The fraction of sp³-hybridized carbons (Fsp3) is 0.286. The molecule has 1 heterocycles. The number of nitro benzene ring substituents is 1. The molecule has 7 heteroatoms. The molecular weight excluding hydrogens is 358 g/mol. The van der Waals surface area contributed by atoms with Crippen LogP contribution in [-0.4, -0.2) is 32.3 Å². The van der Waals surface area contributed by atoms with Crippen LogP contribution < -0.4 is 4.74 Å². The standard InChI is InChI=1S/C21H23N3O4/c1-14-7-8-15(2)20(16(14)3)28-13-19(25)12-23-10-9-22-21(23)17-5-4-6-18(11-17)24(26)27/h4-11,19,25H,12-13H2,1-3H3/t19-/m1/s1. The summed E-state index contributed by atoms with van der Waals surface area (Å²) in [6.45, 7) is 6.40. The Morgan fingerprint density at radius 1 is 1.21 bits per heavy atom. The molecule has 0 aliphatic carbocycles. The fourth-order valence-electron chi connectivity index (χ4n) is 3.08. The first-order chi connectivity index (χ1) is 13.4. The summed E-state index contributed by atoms with van der Waals surface area (Å²) in [6.07, 6.45) is 2.59. The third kappa shape index (κ3) is 4.20. The molecule has 3 aromatic rings. The Kier molecular flexibility index (Phi) is 5.75. The van der Waals surface area contributed by atoms with Gasteiger partial charge in [-0.3, -0.25) is 10.1 Å². The van der Waals surface area contributed by atoms with E-state index in [0.717, 1.165) is 22.4 Å². The predicted octanol–water partition coefficient (Wildman–Crippen LogP) is 3.82. The van der Waals surface area contributed by atoms with Crippen molar-refractivity contribution in [2.75, 3.05) is 6.61 Å². The van der Waals surface area contributed by atoms with Gasteiger partial charge in [-0.25, -0.2) is 4.98 Å². The zero-order valence-electron chi connectivity index (χ0n) is 16.1. The van der Waals surface area contributed by atoms with Crippen LogP contribution in [0.2, 0.25) is 0 Å². The van der Waals surface area contributed by atoms with Gasteiger partial charge in [0.15, 0.2) is 0 Å². The van der Waals surface area contributed by atoms with Crippen LogP contribution in [0.4, 0.5) is 5.69 Å². The third-order valence-corrected chi connectivity index (χ3v) is 4.73. The van der Waals surface area contributed by atoms with Gasteiger partial charge in [0.05, 0.1) is 11.5 Å². The van der Waals surface area contributed by atoms with Gasteiger partial charge in [0.2, 0.25) is 0 Å². The topological polar surface area (TPSA) is 90.4 Å². The number of aliphatic hydroxyl groups excluding tert-OH is 1. The van der Waals surface area contributed by atoms with E-state index in [2.05, 4.69) is 4.98 Å². The number of hydrogen-bond acceptors (Lipinski definition) is 5. The summed E-state index contributed by atoms with van der Waals surface area (Å²) in [5, 5.41) is 21.5. The molecule has 1 N–H and O–H groups in total. The first kappa shape index (κ1) is 19.6. The molecule has 0 bridgehead atoms. The van der Waals surface area contributed by atoms with Crippen molar-refractivity contribution in [3.05, 3.63) is 75.6 Å². The fourth-order valence-corrected chi connectivity index (χ4v) is 3.08. The van der Waals surface area contributed by atoms with E-state index in [1.165, 1.54) is 12.1 Å². The molecular formula is C21H23N3O4. The number of rotatable bonds is 7. The average Bonchev–Trinajstić information content (AvgIpc) is 3.13. The van der Waals surface area contributed by atoms with Crippen molar-refractivity contribution >= 4 is 5.69 Å². The maximum atomic E-state index is 11.0. The number of non-ortho nitro benzene ring substituents is 1. The van der Waals surface area contributed by atoms with E-state index in [4.69, 9.17) is 4.74 Å². The molecule has 0 aliphatic rings. The SMILES string of the molecule is Cc1ccc(C)c(OC[C@H](O)Cn2ccnc2-c2cccc([N+](=O)[O-])c2)c1C. The van der Waals surface area contributed by atoms with Gasteiger partial charge in [-0.2, -0.15) is 0 Å². The minimum absolute atomic E-state index is 0.00123. The summed E-state index contributed by atoms with van der Waals surface area (Å²) in [4.78, 5) is 14.9. The van der Waals surface area contributed by atoms with Gasteiger partial charge in [-0.05, 0) is 37.5 Å². The molecule has 146 valence electrons. The Labute approximate surface area is 163 Å². The molecule has 0 unspecified atom stereocenters. The summed E-state index contributed by atoms with van der Waals surface area (Å²) in [7, 11) is 0. The first-order valence-corrected chi connectivity index (χ1v) is 9.00. The lowest BCUT2D eigenvalue weighted by atomic mass is 10.1. The molecule has 1 aromatic heterocycles. The quantitative estimate of drug-likeness (QED) is 0.496. The normalized spacial score (nSPS) is 12.0. The maximum Gasteiger partial charge on any atom is 0.270 e. The van der Waals surface area contributed by atoms with Crippen LogP contribution in [0.25, 0.3) is 11.4 Å². The molecule has 0 aliphatic heterocycles. The molecule has 2 aromatic carbocycles. The van der Waals surface area contributed by atoms with Crippen LogP contribution in [0.1, 0.15) is 16.7 Å². The number of aromatic nitrogens is 2. The zero-order chi connectivity index (χ0) is 20.3. The number of aliphatic hydroxyl groups is 1. The van der Waals surface area contributed by atoms with Crippen molar-refractivity contribution in [3.8, 4) is 17.1 Å². The van der Waals surface area contributed by atoms with Gasteiger partial charge in [0.25, 0.3) is 5.69 Å². The molecule has 0 radical (unpaired) electrons. The van der Waals surface area contributed by atoms with Gasteiger partial charge in [0.1, 0.15) is 24.3 Å². The van der Waals surface area contributed by atoms with Gasteiger partial charge >= 0.3 is 0 Å². The predicted molar refractivity (Wildman–Crippen MR) is 106 cm³/mol. The molecule has 7 nitrogen and oxygen atoms in total. The van der Waals surface area contributed by atoms with Crippen LogP contribution in [0, 0.1) is 30.9 Å². The molecule has 0 fully saturated rings. The van der Waals surface area contributed by atoms with Crippen molar-refractivity contribution in [1.82, 2.24) is 9.55 Å². The van der Waals surface area contributed by atoms with E-state index in [-0.39, 0.29) is 18.8 Å². The van der Waals surface area contributed by atoms with Gasteiger partial charge in [-0.15, -0.1) is 0 Å². The van der Waals surface area contributed by atoms with Crippen molar-refractivity contribution in [2.45, 2.75) is 33.4 Å². The highest BCUT2D eigenvalue weighted by Crippen LogP contribution is 2.26. The summed E-state index contributed by atoms with van der Waals surface area (Å²) < 4.78 is 7.65. The Balaban J connectivity index is 1.72. The molecule has 0 spiro atoms. The number of hydrogen-bond donors (Lipinski definition) is 1. The van der Waals surface area contributed by atoms with Gasteiger partial charge < -0.3 is 14.4 Å². The molecule has 1 atom stereocenters. The highest BCUT2D eigenvalue weighted by Gasteiger charge is 2.15. The lowest BCUT2D eigenvalue weighted by Crippen LogP contribution is -2.24. The van der Waals surface area contributed by atoms with Crippen molar-refractivity contribution in [3.63, 3.8) is 0 Å². The zero-order valence-corrected chi connectivity index (χ0v) is 16.1. The van der Waals surface area contributed by atoms with Crippen LogP contribution in [0.15, 0.2) is 48.8 Å². The number of ether oxygens (including phenoxy) is 1. The molecule has 0 saturated heterocycles. The number of nitro groups is 1. The van der Waals surface area contributed by atoms with E-state index in [9.17, 15) is 15.2 Å². The molecule has 0 saturated carbocycles. The number of nitrogens with zero attached hydrogens (tertiary/aromatic N) is 3. The lowest BCUT2D eigenvalue weighted by Gasteiger charge is -2.18. The monoisotopic (exact) mass is 381 g/mol. The summed E-state index contributed by atoms with van der Waals surface area (Å²) >= 11 is 0. The van der Waals surface area contributed by atoms with E-state index >= 15 is 0 Å². The molecule has 28 heavy (non-hydrogen) atoms. The smallest absolute Gasteiger partial charge is 0.270 e. The van der Waals surface area contributed by atoms with Crippen LogP contribution in [0.5, 0.6) is 5.75 Å². The molecule has 0 amide bonds. The van der Waals surface area contributed by atoms with Crippen molar-refractivity contribution < 1.29 is 14.8 Å². The summed E-state index contributed by atoms with van der Waals surface area (Å²) in [6, 6.07) is 10.3. The van der Waals surface area contributed by atoms with Crippen LogP contribution in [0.3, 0.4) is 0 Å². The third-order valence-electron chi connectivity index (χ3n) is 4.73. The molecule has 3 rings (SSSR count). The Hall–Kier alpha value is -3.19. The lowest BCUT2D eigenvalue weighted by molar-refractivity contribution is -0.384. The Bertz CT molecular complexity index is 997. The van der Waals surface area contributed by atoms with Crippen molar-refractivity contribution in [1.29, 1.82) is 0 Å². The second-order valence-corrected chi connectivity index (χ2v) is 6.83. The second kappa shape index (κ2) is 8.22. The minimum atomic E-state index is -0.758. The first-order valence-electron chi connectivity index (χ1n) is 9.00. The number of aryl methyl sites for hydroxylation is 2. The van der Waals surface area contributed by atoms with E-state index in [1.807, 2.05) is 32.9 Å². The maximum absolute atomic E-state index is 11.0. The number of benzene rings is 2. The Morgan fingerprint density at radius 2 is 1.96 bits per heavy atom. The summed E-state index contributed by atoms with van der Waals surface area (Å²) in [5.74, 6) is 1.36. The average molecular weight is 381 g/mol. The van der Waals surface area contributed by atoms with Crippen LogP contribution >= 0.6 is 0 Å². The van der Waals surface area contributed by atoms with E-state index in [0.29, 0.717) is 11.4 Å². The van der Waals surface area contributed by atoms with Crippen molar-refractivity contribution in [2.24, 2.45) is 0 Å². The largest absolute Gasteiger partial charge is 0.490 e. The van der Waals surface area contributed by atoms with Crippen LogP contribution in [-0.2, 0) is 6.54 Å². The Morgan fingerprint density at radius 3 is 2.71 bits per heavy atom. The van der Waals surface area contributed by atoms with E-state index in [1.54, 1.807) is 29.1 Å².